The smallest absolute Gasteiger partial charge is 0.248 e. The third-order valence-corrected chi connectivity index (χ3v) is 5.66. The highest BCUT2D eigenvalue weighted by molar-refractivity contribution is 6.02. The van der Waals surface area contributed by atoms with Gasteiger partial charge in [-0.25, -0.2) is 4.98 Å². The first-order valence-electron chi connectivity index (χ1n) is 10.5. The van der Waals surface area contributed by atoms with Crippen molar-refractivity contribution in [3.63, 3.8) is 0 Å². The number of benzene rings is 1. The van der Waals surface area contributed by atoms with E-state index in [4.69, 9.17) is 10.5 Å². The molecule has 1 fully saturated rings. The molecule has 4 N–H and O–H groups in total. The topological polar surface area (TPSA) is 111 Å². The number of aromatic nitrogens is 2. The second-order valence-electron chi connectivity index (χ2n) is 7.75. The molecular formula is C23H27N5O3. The first kappa shape index (κ1) is 21.0. The lowest BCUT2D eigenvalue weighted by Gasteiger charge is -2.32. The maximum Gasteiger partial charge on any atom is 0.248 e. The van der Waals surface area contributed by atoms with Crippen molar-refractivity contribution in [2.45, 2.75) is 32.4 Å². The Balaban J connectivity index is 1.82. The van der Waals surface area contributed by atoms with Gasteiger partial charge in [0, 0.05) is 60.0 Å². The van der Waals surface area contributed by atoms with Crippen LogP contribution in [0.4, 0.5) is 5.82 Å². The molecule has 1 aliphatic rings. The number of hydrogen-bond donors (Lipinski definition) is 3. The Morgan fingerprint density at radius 2 is 2.19 bits per heavy atom. The first-order valence-corrected chi connectivity index (χ1v) is 10.5. The number of rotatable bonds is 6. The normalized spacial score (nSPS) is 17.4. The number of morpholine rings is 1. The van der Waals surface area contributed by atoms with Crippen LogP contribution in [0.25, 0.3) is 22.0 Å². The van der Waals surface area contributed by atoms with Gasteiger partial charge < -0.3 is 25.7 Å². The van der Waals surface area contributed by atoms with E-state index in [2.05, 4.69) is 33.3 Å². The molecule has 0 aliphatic carbocycles. The van der Waals surface area contributed by atoms with Gasteiger partial charge in [-0.3, -0.25) is 9.59 Å². The Hall–Kier alpha value is -3.23. The molecule has 8 nitrogen and oxygen atoms in total. The minimum absolute atomic E-state index is 0.0275. The second-order valence-corrected chi connectivity index (χ2v) is 7.75. The Labute approximate surface area is 180 Å². The van der Waals surface area contributed by atoms with Gasteiger partial charge in [0.15, 0.2) is 0 Å². The third-order valence-electron chi connectivity index (χ3n) is 5.66. The van der Waals surface area contributed by atoms with Crippen molar-refractivity contribution in [1.82, 2.24) is 14.9 Å². The van der Waals surface area contributed by atoms with Crippen LogP contribution in [0.3, 0.4) is 0 Å². The lowest BCUT2D eigenvalue weighted by atomic mass is 10.0. The molecule has 0 saturated carbocycles. The van der Waals surface area contributed by atoms with E-state index in [9.17, 15) is 9.59 Å². The van der Waals surface area contributed by atoms with Gasteiger partial charge in [-0.15, -0.1) is 0 Å². The summed E-state index contributed by atoms with van der Waals surface area (Å²) in [4.78, 5) is 27.5. The zero-order valence-corrected chi connectivity index (χ0v) is 17.7. The summed E-state index contributed by atoms with van der Waals surface area (Å²) in [6.07, 6.45) is 4.73. The van der Waals surface area contributed by atoms with Crippen LogP contribution in [0.15, 0.2) is 42.7 Å². The van der Waals surface area contributed by atoms with Gasteiger partial charge in [-0.1, -0.05) is 13.0 Å². The number of nitrogens with one attached hydrogen (secondary N) is 2. The van der Waals surface area contributed by atoms with Gasteiger partial charge in [-0.05, 0) is 30.7 Å². The molecule has 3 heterocycles. The molecule has 31 heavy (non-hydrogen) atoms. The molecule has 2 unspecified atom stereocenters. The molecule has 0 bridgehead atoms. The lowest BCUT2D eigenvalue weighted by molar-refractivity contribution is -0.114. The van der Waals surface area contributed by atoms with Gasteiger partial charge in [0.1, 0.15) is 5.82 Å². The van der Waals surface area contributed by atoms with Crippen molar-refractivity contribution >= 4 is 28.5 Å². The fourth-order valence-electron chi connectivity index (χ4n) is 4.19. The number of primary amides is 1. The highest BCUT2D eigenvalue weighted by Gasteiger charge is 2.27. The maximum atomic E-state index is 11.8. The van der Waals surface area contributed by atoms with E-state index < -0.39 is 5.91 Å². The van der Waals surface area contributed by atoms with E-state index in [1.54, 1.807) is 18.3 Å². The van der Waals surface area contributed by atoms with Crippen molar-refractivity contribution in [2.24, 2.45) is 5.73 Å². The van der Waals surface area contributed by atoms with Gasteiger partial charge in [0.05, 0.1) is 18.8 Å². The number of hydrogen-bond acceptors (Lipinski definition) is 5. The number of nitrogens with zero attached hydrogens (tertiary/aromatic N) is 2. The SMILES string of the molecule is CCC(C1CNCCO1)n1cc(-c2ccc(NC(C)=O)nc2)c2ccc(C(N)=O)cc21. The van der Waals surface area contributed by atoms with Crippen LogP contribution >= 0.6 is 0 Å². The molecule has 0 radical (unpaired) electrons. The zero-order valence-electron chi connectivity index (χ0n) is 17.7. The maximum absolute atomic E-state index is 11.8. The van der Waals surface area contributed by atoms with E-state index in [1.165, 1.54) is 6.92 Å². The summed E-state index contributed by atoms with van der Waals surface area (Å²) in [5.74, 6) is -0.118. The van der Waals surface area contributed by atoms with Gasteiger partial charge in [0.25, 0.3) is 0 Å². The molecule has 162 valence electrons. The second kappa shape index (κ2) is 8.87. The van der Waals surface area contributed by atoms with Crippen molar-refractivity contribution in [1.29, 1.82) is 0 Å². The van der Waals surface area contributed by atoms with E-state index in [0.717, 1.165) is 41.5 Å². The number of anilines is 1. The van der Waals surface area contributed by atoms with Crippen LogP contribution in [-0.4, -0.2) is 47.2 Å². The van der Waals surface area contributed by atoms with Crippen LogP contribution in [0.2, 0.25) is 0 Å². The predicted octanol–water partition coefficient (Wildman–Crippen LogP) is 2.70. The van der Waals surface area contributed by atoms with Crippen LogP contribution in [0.5, 0.6) is 0 Å². The van der Waals surface area contributed by atoms with E-state index >= 15 is 0 Å². The van der Waals surface area contributed by atoms with Crippen molar-refractivity contribution in [3.8, 4) is 11.1 Å². The van der Waals surface area contributed by atoms with Crippen LogP contribution < -0.4 is 16.4 Å². The van der Waals surface area contributed by atoms with Crippen molar-refractivity contribution in [3.05, 3.63) is 48.3 Å². The number of amides is 2. The first-order chi connectivity index (χ1) is 15.0. The molecule has 4 rings (SSSR count). The average Bonchev–Trinajstić information content (AvgIpc) is 3.14. The zero-order chi connectivity index (χ0) is 22.0. The summed E-state index contributed by atoms with van der Waals surface area (Å²) in [6.45, 7) is 5.88. The van der Waals surface area contributed by atoms with E-state index in [-0.39, 0.29) is 18.1 Å². The average molecular weight is 422 g/mol. The Morgan fingerprint density at radius 1 is 1.35 bits per heavy atom. The highest BCUT2D eigenvalue weighted by atomic mass is 16.5. The molecule has 2 atom stereocenters. The summed E-state index contributed by atoms with van der Waals surface area (Å²) >= 11 is 0. The van der Waals surface area contributed by atoms with E-state index in [1.807, 2.05) is 18.2 Å². The standard InChI is InChI=1S/C23H27N5O3/c1-3-19(21-12-25-8-9-31-21)28-13-18(16-5-7-22(26-11-16)27-14(2)29)17-6-4-15(23(24)30)10-20(17)28/h4-7,10-11,13,19,21,25H,3,8-9,12H2,1-2H3,(H2,24,30)(H,26,27,29). The molecule has 1 aromatic carbocycles. The van der Waals surface area contributed by atoms with Crippen LogP contribution in [0.1, 0.15) is 36.7 Å². The van der Waals surface area contributed by atoms with Crippen LogP contribution in [-0.2, 0) is 9.53 Å². The van der Waals surface area contributed by atoms with Crippen LogP contribution in [0, 0.1) is 0 Å². The molecular weight excluding hydrogens is 394 g/mol. The Kier molecular flexibility index (Phi) is 6.01. The van der Waals surface area contributed by atoms with Gasteiger partial charge in [-0.2, -0.15) is 0 Å². The quantitative estimate of drug-likeness (QED) is 0.567. The minimum Gasteiger partial charge on any atom is -0.373 e. The van der Waals surface area contributed by atoms with E-state index in [0.29, 0.717) is 18.0 Å². The molecule has 2 amide bonds. The number of ether oxygens (including phenoxy) is 1. The molecule has 8 heteroatoms. The Bertz CT molecular complexity index is 1100. The Morgan fingerprint density at radius 3 is 2.81 bits per heavy atom. The molecule has 2 aromatic heterocycles. The third kappa shape index (κ3) is 4.30. The summed E-state index contributed by atoms with van der Waals surface area (Å²) in [5, 5.41) is 7.09. The monoisotopic (exact) mass is 421 g/mol. The summed E-state index contributed by atoms with van der Waals surface area (Å²) in [7, 11) is 0. The predicted molar refractivity (Wildman–Crippen MR) is 120 cm³/mol. The van der Waals surface area contributed by atoms with Crippen molar-refractivity contribution in [2.75, 3.05) is 25.0 Å². The summed E-state index contributed by atoms with van der Waals surface area (Å²) in [6, 6.07) is 9.33. The minimum atomic E-state index is -0.457. The molecule has 1 saturated heterocycles. The molecule has 1 aliphatic heterocycles. The lowest BCUT2D eigenvalue weighted by Crippen LogP contribution is -2.43. The number of carbonyl (C=O) groups excluding carboxylic acids is 2. The van der Waals surface area contributed by atoms with Gasteiger partial charge >= 0.3 is 0 Å². The summed E-state index contributed by atoms with van der Waals surface area (Å²) < 4.78 is 8.24. The number of pyridine rings is 1. The fraction of sp³-hybridized carbons (Fsp3) is 0.348. The highest BCUT2D eigenvalue weighted by Crippen LogP contribution is 2.35. The molecule has 0 spiro atoms. The number of nitrogens with two attached hydrogens (primary N) is 1. The summed E-state index contributed by atoms with van der Waals surface area (Å²) in [5.41, 5.74) is 8.86. The van der Waals surface area contributed by atoms with Crippen molar-refractivity contribution < 1.29 is 14.3 Å². The largest absolute Gasteiger partial charge is 0.373 e. The number of carbonyl (C=O) groups is 2. The fourth-order valence-corrected chi connectivity index (χ4v) is 4.19. The number of fused-ring (bicyclic) bond motifs is 1. The molecule has 3 aromatic rings. The van der Waals surface area contributed by atoms with Gasteiger partial charge in [0.2, 0.25) is 11.8 Å².